The highest BCUT2D eigenvalue weighted by Crippen LogP contribution is 2.28. The SMILES string of the molecule is Cc1noc(C)c1CSc1ncccc1C(=O)N1CCN(c2nccs2)CC1. The fourth-order valence-corrected chi connectivity index (χ4v) is 5.00. The lowest BCUT2D eigenvalue weighted by atomic mass is 10.2. The number of aryl methyl sites for hydroxylation is 2. The molecule has 28 heavy (non-hydrogen) atoms. The maximum Gasteiger partial charge on any atom is 0.256 e. The topological polar surface area (TPSA) is 75.4 Å². The molecule has 0 bridgehead atoms. The van der Waals surface area contributed by atoms with E-state index in [1.807, 2.05) is 42.5 Å². The number of thioether (sulfide) groups is 1. The molecule has 146 valence electrons. The molecule has 0 N–H and O–H groups in total. The first-order valence-corrected chi connectivity index (χ1v) is 10.9. The van der Waals surface area contributed by atoms with Gasteiger partial charge in [-0.15, -0.1) is 23.1 Å². The van der Waals surface area contributed by atoms with Crippen molar-refractivity contribution in [3.8, 4) is 0 Å². The summed E-state index contributed by atoms with van der Waals surface area (Å²) in [5.74, 6) is 1.52. The maximum atomic E-state index is 13.1. The van der Waals surface area contributed by atoms with Crippen LogP contribution in [0.2, 0.25) is 0 Å². The van der Waals surface area contributed by atoms with Gasteiger partial charge in [-0.3, -0.25) is 4.79 Å². The lowest BCUT2D eigenvalue weighted by Gasteiger charge is -2.34. The van der Waals surface area contributed by atoms with Gasteiger partial charge in [0.2, 0.25) is 0 Å². The zero-order chi connectivity index (χ0) is 19.5. The first-order chi connectivity index (χ1) is 13.6. The van der Waals surface area contributed by atoms with Gasteiger partial charge in [-0.1, -0.05) is 5.16 Å². The Kier molecular flexibility index (Phi) is 5.63. The standard InChI is InChI=1S/C19H21N5O2S2/c1-13-16(14(2)26-22-13)12-28-17-15(4-3-5-20-17)18(25)23-7-9-24(10-8-23)19-21-6-11-27-19/h3-6,11H,7-10,12H2,1-2H3. The second-order valence-corrected chi connectivity index (χ2v) is 8.38. The van der Waals surface area contributed by atoms with Crippen LogP contribution in [-0.4, -0.2) is 52.1 Å². The van der Waals surface area contributed by atoms with Crippen molar-refractivity contribution < 1.29 is 9.32 Å². The van der Waals surface area contributed by atoms with E-state index < -0.39 is 0 Å². The number of carbonyl (C=O) groups excluding carboxylic acids is 1. The van der Waals surface area contributed by atoms with Gasteiger partial charge in [0.15, 0.2) is 5.13 Å². The minimum Gasteiger partial charge on any atom is -0.361 e. The van der Waals surface area contributed by atoms with E-state index in [4.69, 9.17) is 4.52 Å². The molecule has 0 aromatic carbocycles. The van der Waals surface area contributed by atoms with Crippen LogP contribution in [0.3, 0.4) is 0 Å². The van der Waals surface area contributed by atoms with Crippen molar-refractivity contribution in [2.75, 3.05) is 31.1 Å². The molecular weight excluding hydrogens is 394 g/mol. The molecule has 0 saturated carbocycles. The lowest BCUT2D eigenvalue weighted by Crippen LogP contribution is -2.48. The minimum atomic E-state index is 0.0353. The zero-order valence-electron chi connectivity index (χ0n) is 15.8. The van der Waals surface area contributed by atoms with Gasteiger partial charge in [-0.2, -0.15) is 0 Å². The van der Waals surface area contributed by atoms with Gasteiger partial charge in [0.1, 0.15) is 10.8 Å². The predicted molar refractivity (Wildman–Crippen MR) is 110 cm³/mol. The van der Waals surface area contributed by atoms with Gasteiger partial charge < -0.3 is 14.3 Å². The molecular formula is C19H21N5O2S2. The molecule has 9 heteroatoms. The van der Waals surface area contributed by atoms with E-state index in [0.717, 1.165) is 40.3 Å². The van der Waals surface area contributed by atoms with Crippen LogP contribution in [-0.2, 0) is 5.75 Å². The third kappa shape index (κ3) is 3.90. The van der Waals surface area contributed by atoms with E-state index in [0.29, 0.717) is 24.4 Å². The van der Waals surface area contributed by atoms with Crippen LogP contribution in [0.5, 0.6) is 0 Å². The summed E-state index contributed by atoms with van der Waals surface area (Å²) in [6.45, 7) is 6.78. The van der Waals surface area contributed by atoms with E-state index in [-0.39, 0.29) is 5.91 Å². The molecule has 3 aromatic rings. The van der Waals surface area contributed by atoms with Crippen molar-refractivity contribution in [2.24, 2.45) is 0 Å². The number of carbonyl (C=O) groups is 1. The predicted octanol–water partition coefficient (Wildman–Crippen LogP) is 3.40. The monoisotopic (exact) mass is 415 g/mol. The Morgan fingerprint density at radius 1 is 1.21 bits per heavy atom. The summed E-state index contributed by atoms with van der Waals surface area (Å²) in [4.78, 5) is 26.1. The van der Waals surface area contributed by atoms with Crippen LogP contribution >= 0.6 is 23.1 Å². The average molecular weight is 416 g/mol. The Hall–Kier alpha value is -2.39. The van der Waals surface area contributed by atoms with Gasteiger partial charge in [-0.05, 0) is 26.0 Å². The Bertz CT molecular complexity index is 930. The molecule has 1 amide bonds. The molecule has 1 saturated heterocycles. The van der Waals surface area contributed by atoms with Gasteiger partial charge in [0, 0.05) is 55.3 Å². The summed E-state index contributed by atoms with van der Waals surface area (Å²) < 4.78 is 5.23. The van der Waals surface area contributed by atoms with Crippen LogP contribution < -0.4 is 4.90 Å². The normalized spacial score (nSPS) is 14.5. The summed E-state index contributed by atoms with van der Waals surface area (Å²) in [5, 5.41) is 7.73. The molecule has 1 aliphatic heterocycles. The van der Waals surface area contributed by atoms with Crippen LogP contribution in [0.25, 0.3) is 0 Å². The molecule has 0 unspecified atom stereocenters. The number of pyridine rings is 1. The Morgan fingerprint density at radius 2 is 2.04 bits per heavy atom. The largest absolute Gasteiger partial charge is 0.361 e. The van der Waals surface area contributed by atoms with E-state index in [1.54, 1.807) is 29.3 Å². The Balaban J connectivity index is 1.43. The quantitative estimate of drug-likeness (QED) is 0.591. The summed E-state index contributed by atoms with van der Waals surface area (Å²) in [6.07, 6.45) is 3.54. The molecule has 0 radical (unpaired) electrons. The van der Waals surface area contributed by atoms with Gasteiger partial charge >= 0.3 is 0 Å². The van der Waals surface area contributed by atoms with Gasteiger partial charge in [-0.25, -0.2) is 9.97 Å². The zero-order valence-corrected chi connectivity index (χ0v) is 17.4. The fourth-order valence-electron chi connectivity index (χ4n) is 3.16. The summed E-state index contributed by atoms with van der Waals surface area (Å²) in [5.41, 5.74) is 2.60. The van der Waals surface area contributed by atoms with Crippen molar-refractivity contribution >= 4 is 34.1 Å². The van der Waals surface area contributed by atoms with Crippen molar-refractivity contribution in [3.63, 3.8) is 0 Å². The van der Waals surface area contributed by atoms with Crippen molar-refractivity contribution in [2.45, 2.75) is 24.6 Å². The highest BCUT2D eigenvalue weighted by Gasteiger charge is 2.25. The smallest absolute Gasteiger partial charge is 0.256 e. The molecule has 4 heterocycles. The number of hydrogen-bond acceptors (Lipinski definition) is 8. The first-order valence-electron chi connectivity index (χ1n) is 9.07. The van der Waals surface area contributed by atoms with E-state index in [2.05, 4.69) is 20.0 Å². The van der Waals surface area contributed by atoms with Crippen LogP contribution in [0, 0.1) is 13.8 Å². The molecule has 0 atom stereocenters. The molecule has 0 spiro atoms. The van der Waals surface area contributed by atoms with E-state index >= 15 is 0 Å². The van der Waals surface area contributed by atoms with E-state index in [1.165, 1.54) is 0 Å². The summed E-state index contributed by atoms with van der Waals surface area (Å²) in [6, 6.07) is 3.68. The molecule has 0 aliphatic carbocycles. The first kappa shape index (κ1) is 18.9. The molecule has 4 rings (SSSR count). The van der Waals surface area contributed by atoms with Crippen molar-refractivity contribution in [3.05, 3.63) is 52.5 Å². The maximum absolute atomic E-state index is 13.1. The van der Waals surface area contributed by atoms with Crippen molar-refractivity contribution in [1.29, 1.82) is 0 Å². The number of rotatable bonds is 5. The molecule has 1 aliphatic rings. The Morgan fingerprint density at radius 3 is 2.71 bits per heavy atom. The van der Waals surface area contributed by atoms with Crippen LogP contribution in [0.15, 0.2) is 39.5 Å². The molecule has 7 nitrogen and oxygen atoms in total. The van der Waals surface area contributed by atoms with Gasteiger partial charge in [0.05, 0.1) is 11.3 Å². The Labute approximate surface area is 171 Å². The number of piperazine rings is 1. The second-order valence-electron chi connectivity index (χ2n) is 6.54. The lowest BCUT2D eigenvalue weighted by molar-refractivity contribution is 0.0742. The minimum absolute atomic E-state index is 0.0353. The number of anilines is 1. The highest BCUT2D eigenvalue weighted by atomic mass is 32.2. The fraction of sp³-hybridized carbons (Fsp3) is 0.368. The van der Waals surface area contributed by atoms with E-state index in [9.17, 15) is 4.79 Å². The number of aromatic nitrogens is 3. The summed E-state index contributed by atoms with van der Waals surface area (Å²) >= 11 is 3.18. The summed E-state index contributed by atoms with van der Waals surface area (Å²) in [7, 11) is 0. The molecule has 1 fully saturated rings. The van der Waals surface area contributed by atoms with Crippen LogP contribution in [0.4, 0.5) is 5.13 Å². The third-order valence-corrected chi connectivity index (χ3v) is 6.66. The second kappa shape index (κ2) is 8.32. The average Bonchev–Trinajstić information content (AvgIpc) is 3.37. The third-order valence-electron chi connectivity index (χ3n) is 4.79. The van der Waals surface area contributed by atoms with Crippen molar-refractivity contribution in [1.82, 2.24) is 20.0 Å². The number of amides is 1. The number of hydrogen-bond donors (Lipinski definition) is 0. The molecule has 3 aromatic heterocycles. The highest BCUT2D eigenvalue weighted by molar-refractivity contribution is 7.98. The number of thiazole rings is 1. The number of nitrogens with zero attached hydrogens (tertiary/aromatic N) is 5. The van der Waals surface area contributed by atoms with Gasteiger partial charge in [0.25, 0.3) is 5.91 Å². The van der Waals surface area contributed by atoms with Crippen LogP contribution in [0.1, 0.15) is 27.4 Å².